The predicted octanol–water partition coefficient (Wildman–Crippen LogP) is 3.00. The molecule has 1 aromatic heterocycles. The highest BCUT2D eigenvalue weighted by Gasteiger charge is 2.38. The summed E-state index contributed by atoms with van der Waals surface area (Å²) in [6.45, 7) is 4.90. The van der Waals surface area contributed by atoms with Crippen LogP contribution < -0.4 is 10.1 Å². The van der Waals surface area contributed by atoms with Gasteiger partial charge in [0, 0.05) is 25.2 Å². The summed E-state index contributed by atoms with van der Waals surface area (Å²) in [4.78, 5) is 13.4. The Morgan fingerprint density at radius 1 is 1.37 bits per heavy atom. The van der Waals surface area contributed by atoms with Crippen LogP contribution in [0.2, 0.25) is 0 Å². The molecule has 1 aliphatic rings. The van der Waals surface area contributed by atoms with E-state index in [2.05, 4.69) is 15.0 Å². The van der Waals surface area contributed by atoms with E-state index in [0.29, 0.717) is 43.9 Å². The van der Waals surface area contributed by atoms with Crippen molar-refractivity contribution in [2.45, 2.75) is 32.4 Å². The number of carbonyl (C=O) groups excluding carboxylic acids is 1. The van der Waals surface area contributed by atoms with Crippen molar-refractivity contribution in [1.82, 2.24) is 15.4 Å². The Morgan fingerprint density at radius 2 is 2.19 bits per heavy atom. The van der Waals surface area contributed by atoms with Crippen molar-refractivity contribution >= 4 is 16.8 Å². The van der Waals surface area contributed by atoms with Crippen molar-refractivity contribution in [2.75, 3.05) is 32.8 Å². The maximum Gasteiger partial charge on any atom is 0.453 e. The molecule has 1 N–H and O–H groups in total. The van der Waals surface area contributed by atoms with E-state index in [1.54, 1.807) is 6.07 Å². The van der Waals surface area contributed by atoms with E-state index in [4.69, 9.17) is 4.74 Å². The molecule has 0 saturated carbocycles. The number of aromatic nitrogens is 1. The number of benzene rings is 1. The molecule has 0 atom stereocenters. The quantitative estimate of drug-likeness (QED) is 0.742. The Bertz CT molecular complexity index is 804. The van der Waals surface area contributed by atoms with E-state index in [1.807, 2.05) is 11.8 Å². The van der Waals surface area contributed by atoms with Crippen LogP contribution >= 0.6 is 0 Å². The first-order chi connectivity index (χ1) is 12.9. The smallest absolute Gasteiger partial charge is 0.453 e. The summed E-state index contributed by atoms with van der Waals surface area (Å²) in [5, 5.41) is 6.37. The Kier molecular flexibility index (Phi) is 5.88. The molecule has 1 fully saturated rings. The lowest BCUT2D eigenvalue weighted by atomic mass is 10.0. The van der Waals surface area contributed by atoms with Crippen molar-refractivity contribution in [3.8, 4) is 5.75 Å². The van der Waals surface area contributed by atoms with E-state index in [-0.39, 0.29) is 16.8 Å². The van der Waals surface area contributed by atoms with Gasteiger partial charge in [-0.25, -0.2) is 0 Å². The average molecular weight is 385 g/mol. The topological polar surface area (TPSA) is 67.6 Å². The number of carbonyl (C=O) groups is 1. The van der Waals surface area contributed by atoms with Gasteiger partial charge >= 0.3 is 6.18 Å². The molecule has 1 aromatic carbocycles. The molecule has 2 aromatic rings. The Hall–Kier alpha value is -2.29. The molecule has 3 rings (SSSR count). The third-order valence-electron chi connectivity index (χ3n) is 4.46. The molecule has 9 heteroatoms. The molecule has 1 amide bonds. The molecule has 0 aliphatic carbocycles. The minimum absolute atomic E-state index is 0.0179. The summed E-state index contributed by atoms with van der Waals surface area (Å²) in [6, 6.07) is 2.90. The molecule has 0 spiro atoms. The van der Waals surface area contributed by atoms with Crippen LogP contribution in [0.1, 0.15) is 31.1 Å². The maximum atomic E-state index is 13.0. The van der Waals surface area contributed by atoms with Crippen LogP contribution in [0, 0.1) is 0 Å². The highest BCUT2D eigenvalue weighted by molar-refractivity contribution is 5.86. The van der Waals surface area contributed by atoms with Crippen molar-refractivity contribution in [2.24, 2.45) is 0 Å². The van der Waals surface area contributed by atoms with Crippen molar-refractivity contribution in [3.63, 3.8) is 0 Å². The third kappa shape index (κ3) is 4.52. The van der Waals surface area contributed by atoms with Crippen LogP contribution in [0.15, 0.2) is 16.7 Å². The summed E-state index contributed by atoms with van der Waals surface area (Å²) in [5.74, 6) is -0.531. The summed E-state index contributed by atoms with van der Waals surface area (Å²) in [5.41, 5.74) is 0.834. The normalized spacial score (nSPS) is 15.9. The molecule has 0 unspecified atom stereocenters. The Labute approximate surface area is 154 Å². The first kappa shape index (κ1) is 19.5. The number of hydrogen-bond acceptors (Lipinski definition) is 5. The van der Waals surface area contributed by atoms with Crippen LogP contribution in [0.3, 0.4) is 0 Å². The second-order valence-corrected chi connectivity index (χ2v) is 6.53. The monoisotopic (exact) mass is 385 g/mol. The molecular weight excluding hydrogens is 363 g/mol. The van der Waals surface area contributed by atoms with Gasteiger partial charge in [0.05, 0.1) is 18.5 Å². The number of hydrogen-bond donors (Lipinski definition) is 1. The van der Waals surface area contributed by atoms with Gasteiger partial charge in [0.15, 0.2) is 0 Å². The molecule has 148 valence electrons. The van der Waals surface area contributed by atoms with Gasteiger partial charge in [-0.15, -0.1) is 0 Å². The number of nitrogens with one attached hydrogen (secondary N) is 1. The average Bonchev–Trinajstić information content (AvgIpc) is 3.05. The van der Waals surface area contributed by atoms with Crippen LogP contribution in [0.4, 0.5) is 13.2 Å². The molecule has 1 aliphatic heterocycles. The van der Waals surface area contributed by atoms with Crippen LogP contribution in [-0.2, 0) is 17.4 Å². The molecule has 0 bridgehead atoms. The number of rotatable bonds is 7. The van der Waals surface area contributed by atoms with Gasteiger partial charge in [0.2, 0.25) is 11.7 Å². The summed E-state index contributed by atoms with van der Waals surface area (Å²) in [6.07, 6.45) is -2.58. The zero-order valence-corrected chi connectivity index (χ0v) is 15.1. The van der Waals surface area contributed by atoms with Crippen LogP contribution in [0.25, 0.3) is 10.9 Å². The van der Waals surface area contributed by atoms with Crippen LogP contribution in [-0.4, -0.2) is 48.7 Å². The number of nitrogens with zero attached hydrogens (tertiary/aromatic N) is 2. The van der Waals surface area contributed by atoms with E-state index in [1.165, 1.54) is 6.07 Å². The second kappa shape index (κ2) is 8.16. The fraction of sp³-hybridized carbons (Fsp3) is 0.556. The summed E-state index contributed by atoms with van der Waals surface area (Å²) in [7, 11) is 0. The number of amides is 1. The standard InChI is InChI=1S/C18H22F3N3O3/c1-2-4-12-14(26-10-3-8-24-9-7-22-15(25)11-24)6-5-13-16(12)23-27-17(13)18(19,20)21/h5-6H,2-4,7-11H2,1H3,(H,22,25). The maximum absolute atomic E-state index is 13.0. The molecule has 6 nitrogen and oxygen atoms in total. The second-order valence-electron chi connectivity index (χ2n) is 6.53. The minimum atomic E-state index is -4.58. The number of halogens is 3. The van der Waals surface area contributed by atoms with Gasteiger partial charge in [-0.3, -0.25) is 9.69 Å². The van der Waals surface area contributed by atoms with Gasteiger partial charge < -0.3 is 14.6 Å². The van der Waals surface area contributed by atoms with Crippen molar-refractivity contribution in [3.05, 3.63) is 23.5 Å². The van der Waals surface area contributed by atoms with E-state index < -0.39 is 11.9 Å². The first-order valence-electron chi connectivity index (χ1n) is 9.00. The number of ether oxygens (including phenoxy) is 1. The third-order valence-corrected chi connectivity index (χ3v) is 4.46. The van der Waals surface area contributed by atoms with Crippen LogP contribution in [0.5, 0.6) is 5.75 Å². The molecule has 27 heavy (non-hydrogen) atoms. The van der Waals surface area contributed by atoms with Crippen molar-refractivity contribution < 1.29 is 27.2 Å². The Morgan fingerprint density at radius 3 is 2.89 bits per heavy atom. The molecule has 0 radical (unpaired) electrons. The highest BCUT2D eigenvalue weighted by Crippen LogP contribution is 2.38. The highest BCUT2D eigenvalue weighted by atomic mass is 19.4. The predicted molar refractivity (Wildman–Crippen MR) is 92.6 cm³/mol. The lowest BCUT2D eigenvalue weighted by Gasteiger charge is -2.26. The fourth-order valence-electron chi connectivity index (χ4n) is 3.23. The SMILES string of the molecule is CCCc1c(OCCCN2CCNC(=O)C2)ccc2c(C(F)(F)F)onc12. The van der Waals surface area contributed by atoms with Gasteiger partial charge in [0.25, 0.3) is 0 Å². The first-order valence-corrected chi connectivity index (χ1v) is 9.00. The molecule has 1 saturated heterocycles. The number of aryl methyl sites for hydroxylation is 1. The minimum Gasteiger partial charge on any atom is -0.493 e. The zero-order valence-electron chi connectivity index (χ0n) is 15.1. The summed E-state index contributed by atoms with van der Waals surface area (Å²) >= 11 is 0. The van der Waals surface area contributed by atoms with E-state index in [0.717, 1.165) is 19.5 Å². The van der Waals surface area contributed by atoms with Gasteiger partial charge in [0.1, 0.15) is 11.3 Å². The van der Waals surface area contributed by atoms with Crippen molar-refractivity contribution in [1.29, 1.82) is 0 Å². The number of alkyl halides is 3. The summed E-state index contributed by atoms with van der Waals surface area (Å²) < 4.78 is 49.5. The molecule has 2 heterocycles. The largest absolute Gasteiger partial charge is 0.493 e. The van der Waals surface area contributed by atoms with Gasteiger partial charge in [-0.1, -0.05) is 18.5 Å². The van der Waals surface area contributed by atoms with E-state index in [9.17, 15) is 18.0 Å². The van der Waals surface area contributed by atoms with Gasteiger partial charge in [-0.05, 0) is 25.0 Å². The number of fused-ring (bicyclic) bond motifs is 1. The lowest BCUT2D eigenvalue weighted by Crippen LogP contribution is -2.47. The van der Waals surface area contributed by atoms with Gasteiger partial charge in [-0.2, -0.15) is 13.2 Å². The number of piperazine rings is 1. The zero-order chi connectivity index (χ0) is 19.4. The molecular formula is C18H22F3N3O3. The van der Waals surface area contributed by atoms with E-state index >= 15 is 0 Å². The lowest BCUT2D eigenvalue weighted by molar-refractivity contribution is -0.154. The Balaban J connectivity index is 1.68. The fourth-order valence-corrected chi connectivity index (χ4v) is 3.23.